The molecule has 0 bridgehead atoms. The van der Waals surface area contributed by atoms with Crippen LogP contribution in [0.3, 0.4) is 0 Å². The summed E-state index contributed by atoms with van der Waals surface area (Å²) in [5, 5.41) is 3.71. The molecule has 2 nitrogen and oxygen atoms in total. The van der Waals surface area contributed by atoms with Gasteiger partial charge in [0.05, 0.1) is 0 Å². The Hall–Kier alpha value is -5.08. The van der Waals surface area contributed by atoms with Gasteiger partial charge in [-0.25, -0.2) is 0 Å². The number of anilines is 3. The van der Waals surface area contributed by atoms with Crippen molar-refractivity contribution in [2.24, 2.45) is 0 Å². The molecule has 0 fully saturated rings. The molecule has 0 unspecified atom stereocenters. The second-order valence-electron chi connectivity index (χ2n) is 9.85. The molecule has 3 aromatic carbocycles. The molecule has 0 spiro atoms. The fraction of sp³-hybridized carbons (Fsp3) is 0.0526. The Kier molecular flexibility index (Phi) is 7.68. The van der Waals surface area contributed by atoms with Crippen LogP contribution in [0, 0.1) is 0 Å². The van der Waals surface area contributed by atoms with E-state index in [1.165, 1.54) is 33.4 Å². The first-order valence-corrected chi connectivity index (χ1v) is 13.8. The molecule has 0 aromatic heterocycles. The van der Waals surface area contributed by atoms with E-state index >= 15 is 0 Å². The summed E-state index contributed by atoms with van der Waals surface area (Å²) in [5.41, 5.74) is 10.7. The fourth-order valence-electron chi connectivity index (χ4n) is 5.29. The normalized spacial score (nSPS) is 18.4. The van der Waals surface area contributed by atoms with E-state index in [2.05, 4.69) is 168 Å². The Morgan fingerprint density at radius 1 is 0.575 bits per heavy atom. The number of allylic oxidation sites excluding steroid dienone is 16. The quantitative estimate of drug-likeness (QED) is 0.351. The van der Waals surface area contributed by atoms with Crippen molar-refractivity contribution in [3.63, 3.8) is 0 Å². The summed E-state index contributed by atoms with van der Waals surface area (Å²) >= 11 is 0. The van der Waals surface area contributed by atoms with Gasteiger partial charge in [-0.05, 0) is 77.1 Å². The Morgan fingerprint density at radius 3 is 1.90 bits per heavy atom. The van der Waals surface area contributed by atoms with Gasteiger partial charge in [0.15, 0.2) is 0 Å². The summed E-state index contributed by atoms with van der Waals surface area (Å²) < 4.78 is 0. The van der Waals surface area contributed by atoms with E-state index in [-0.39, 0.29) is 0 Å². The number of hydrogen-bond acceptors (Lipinski definition) is 2. The van der Waals surface area contributed by atoms with Crippen LogP contribution in [-0.2, 0) is 0 Å². The van der Waals surface area contributed by atoms with E-state index in [0.717, 1.165) is 29.9 Å². The fourth-order valence-corrected chi connectivity index (χ4v) is 5.29. The zero-order chi connectivity index (χ0) is 27.0. The van der Waals surface area contributed by atoms with Crippen molar-refractivity contribution in [1.29, 1.82) is 0 Å². The monoisotopic (exact) mass is 516 g/mol. The summed E-state index contributed by atoms with van der Waals surface area (Å²) in [7, 11) is 0. The lowest BCUT2D eigenvalue weighted by Crippen LogP contribution is -2.10. The van der Waals surface area contributed by atoms with Crippen molar-refractivity contribution < 1.29 is 0 Å². The van der Waals surface area contributed by atoms with Crippen molar-refractivity contribution in [2.45, 2.75) is 12.8 Å². The van der Waals surface area contributed by atoms with Crippen molar-refractivity contribution >= 4 is 22.6 Å². The third-order valence-electron chi connectivity index (χ3n) is 7.16. The van der Waals surface area contributed by atoms with Gasteiger partial charge in [0, 0.05) is 35.0 Å². The molecule has 1 N–H and O–H groups in total. The molecule has 40 heavy (non-hydrogen) atoms. The van der Waals surface area contributed by atoms with Crippen LogP contribution in [0.5, 0.6) is 0 Å². The first-order chi connectivity index (χ1) is 19.9. The number of rotatable bonds is 6. The Labute approximate surface area is 237 Å². The Morgan fingerprint density at radius 2 is 1.20 bits per heavy atom. The number of nitrogens with one attached hydrogen (secondary N) is 1. The molecular weight excluding hydrogens is 484 g/mol. The predicted octanol–water partition coefficient (Wildman–Crippen LogP) is 9.99. The smallest absolute Gasteiger partial charge is 0.0464 e. The summed E-state index contributed by atoms with van der Waals surface area (Å²) in [4.78, 5) is 2.21. The number of hydrogen-bond donors (Lipinski definition) is 1. The molecule has 0 atom stereocenters. The van der Waals surface area contributed by atoms with Crippen LogP contribution < -0.4 is 10.2 Å². The van der Waals surface area contributed by atoms with Crippen molar-refractivity contribution in [2.75, 3.05) is 10.2 Å². The SMILES string of the molecule is C1=CC/C(=C(C2=CN(c3ccccc3)C=CC=C2)/C(=C2\C=CC=CC2)c2ccccc2Nc2ccccc2)C=C1. The van der Waals surface area contributed by atoms with Crippen LogP contribution >= 0.6 is 0 Å². The van der Waals surface area contributed by atoms with E-state index in [1.54, 1.807) is 0 Å². The number of nitrogens with zero attached hydrogens (tertiary/aromatic N) is 1. The van der Waals surface area contributed by atoms with Crippen LogP contribution in [0.1, 0.15) is 18.4 Å². The highest BCUT2D eigenvalue weighted by atomic mass is 15.1. The minimum Gasteiger partial charge on any atom is -0.355 e. The Bertz CT molecular complexity index is 1640. The topological polar surface area (TPSA) is 15.3 Å². The van der Waals surface area contributed by atoms with E-state index in [4.69, 9.17) is 0 Å². The van der Waals surface area contributed by atoms with Crippen molar-refractivity contribution in [1.82, 2.24) is 0 Å². The zero-order valence-corrected chi connectivity index (χ0v) is 22.4. The first kappa shape index (κ1) is 25.2. The van der Waals surface area contributed by atoms with Gasteiger partial charge in [-0.1, -0.05) is 115 Å². The van der Waals surface area contributed by atoms with Gasteiger partial charge in [-0.2, -0.15) is 0 Å². The maximum absolute atomic E-state index is 3.71. The zero-order valence-electron chi connectivity index (χ0n) is 22.4. The average Bonchev–Trinajstić information content (AvgIpc) is 3.28. The van der Waals surface area contributed by atoms with Crippen molar-refractivity contribution in [3.05, 3.63) is 192 Å². The van der Waals surface area contributed by atoms with E-state index in [9.17, 15) is 0 Å². The third kappa shape index (κ3) is 5.67. The van der Waals surface area contributed by atoms with Crippen LogP contribution in [0.2, 0.25) is 0 Å². The molecule has 0 amide bonds. The molecule has 0 saturated carbocycles. The molecule has 2 aliphatic carbocycles. The van der Waals surface area contributed by atoms with Gasteiger partial charge in [0.25, 0.3) is 0 Å². The van der Waals surface area contributed by atoms with Crippen LogP contribution in [0.25, 0.3) is 5.57 Å². The van der Waals surface area contributed by atoms with Gasteiger partial charge >= 0.3 is 0 Å². The maximum Gasteiger partial charge on any atom is 0.0464 e. The van der Waals surface area contributed by atoms with Crippen molar-refractivity contribution in [3.8, 4) is 0 Å². The van der Waals surface area contributed by atoms with E-state index in [0.29, 0.717) is 0 Å². The standard InChI is InChI=1S/C38H32N2/c1-5-17-30(18-6-1)37(32-21-15-16-28-40(29-32)34-24-11-4-12-25-34)38(31-19-7-2-8-20-31)35-26-13-14-27-36(35)39-33-22-9-3-10-23-33/h1-17,19,21-29,39H,18,20H2/b37-30+,38-31+. The largest absolute Gasteiger partial charge is 0.355 e. The van der Waals surface area contributed by atoms with Gasteiger partial charge < -0.3 is 10.2 Å². The lowest BCUT2D eigenvalue weighted by molar-refractivity contribution is 1.19. The molecule has 194 valence electrons. The second kappa shape index (κ2) is 12.2. The molecule has 6 rings (SSSR count). The van der Waals surface area contributed by atoms with Gasteiger partial charge in [-0.3, -0.25) is 0 Å². The summed E-state index contributed by atoms with van der Waals surface area (Å²) in [5.74, 6) is 0. The number of para-hydroxylation sites is 3. The molecule has 1 heterocycles. The third-order valence-corrected chi connectivity index (χ3v) is 7.16. The molecule has 0 radical (unpaired) electrons. The minimum absolute atomic E-state index is 0.874. The van der Waals surface area contributed by atoms with Crippen LogP contribution in [-0.4, -0.2) is 0 Å². The predicted molar refractivity (Wildman–Crippen MR) is 171 cm³/mol. The highest BCUT2D eigenvalue weighted by Gasteiger charge is 2.23. The lowest BCUT2D eigenvalue weighted by atomic mass is 9.81. The Balaban J connectivity index is 1.57. The van der Waals surface area contributed by atoms with E-state index < -0.39 is 0 Å². The summed E-state index contributed by atoms with van der Waals surface area (Å²) in [6.07, 6.45) is 30.2. The molecule has 3 aliphatic rings. The van der Waals surface area contributed by atoms with Gasteiger partial charge in [0.2, 0.25) is 0 Å². The highest BCUT2D eigenvalue weighted by Crippen LogP contribution is 2.42. The van der Waals surface area contributed by atoms with Gasteiger partial charge in [-0.15, -0.1) is 0 Å². The lowest BCUT2D eigenvalue weighted by Gasteiger charge is -2.25. The minimum atomic E-state index is 0.874. The van der Waals surface area contributed by atoms with Crippen LogP contribution in [0.4, 0.5) is 17.1 Å². The molecule has 1 aliphatic heterocycles. The average molecular weight is 517 g/mol. The summed E-state index contributed by atoms with van der Waals surface area (Å²) in [6, 6.07) is 29.6. The molecule has 0 saturated heterocycles. The summed E-state index contributed by atoms with van der Waals surface area (Å²) in [6.45, 7) is 0. The van der Waals surface area contributed by atoms with E-state index in [1.807, 2.05) is 6.07 Å². The number of benzene rings is 3. The second-order valence-corrected chi connectivity index (χ2v) is 9.85. The molecular formula is C38H32N2. The van der Waals surface area contributed by atoms with Gasteiger partial charge in [0.1, 0.15) is 0 Å². The maximum atomic E-state index is 3.71. The molecule has 2 heteroatoms. The highest BCUT2D eigenvalue weighted by molar-refractivity contribution is 5.95. The first-order valence-electron chi connectivity index (χ1n) is 13.8. The molecule has 3 aromatic rings. The van der Waals surface area contributed by atoms with Crippen LogP contribution in [0.15, 0.2) is 186 Å².